The topological polar surface area (TPSA) is 118 Å². The van der Waals surface area contributed by atoms with Crippen LogP contribution < -0.4 is 4.72 Å². The predicted octanol–water partition coefficient (Wildman–Crippen LogP) is 3.64. The summed E-state index contributed by atoms with van der Waals surface area (Å²) >= 11 is 0. The average molecular weight is 451 g/mol. The summed E-state index contributed by atoms with van der Waals surface area (Å²) in [6.45, 7) is 2.57. The molecular weight excluding hydrogens is 428 g/mol. The third-order valence-corrected chi connectivity index (χ3v) is 6.77. The van der Waals surface area contributed by atoms with Crippen LogP contribution in [0.25, 0.3) is 21.6 Å². The van der Waals surface area contributed by atoms with Gasteiger partial charge in [-0.3, -0.25) is 0 Å². The molecule has 1 aliphatic heterocycles. The highest BCUT2D eigenvalue weighted by Crippen LogP contribution is 2.35. The van der Waals surface area contributed by atoms with Gasteiger partial charge in [0, 0.05) is 36.2 Å². The zero-order valence-electron chi connectivity index (χ0n) is 16.7. The van der Waals surface area contributed by atoms with Gasteiger partial charge in [0.15, 0.2) is 0 Å². The summed E-state index contributed by atoms with van der Waals surface area (Å²) in [6.07, 6.45) is 1.73. The lowest BCUT2D eigenvalue weighted by molar-refractivity contribution is 0.190. The molecule has 0 atom stereocenters. The fourth-order valence-electron chi connectivity index (χ4n) is 3.62. The Hall–Kier alpha value is -2.72. The van der Waals surface area contributed by atoms with Gasteiger partial charge in [0.1, 0.15) is 17.4 Å². The van der Waals surface area contributed by atoms with Crippen LogP contribution in [0.1, 0.15) is 12.8 Å². The number of hydrogen-bond donors (Lipinski definition) is 2. The molecule has 2 N–H and O–H groups in total. The van der Waals surface area contributed by atoms with Crippen LogP contribution in [0.15, 0.2) is 46.4 Å². The van der Waals surface area contributed by atoms with E-state index < -0.39 is 32.3 Å². The van der Waals surface area contributed by atoms with Gasteiger partial charge in [-0.1, -0.05) is 23.3 Å². The molecule has 0 radical (unpaired) electrons. The van der Waals surface area contributed by atoms with Crippen molar-refractivity contribution in [2.24, 2.45) is 11.0 Å². The van der Waals surface area contributed by atoms with Crippen molar-refractivity contribution in [3.8, 4) is 16.9 Å². The van der Waals surface area contributed by atoms with E-state index in [9.17, 15) is 22.3 Å². The maximum Gasteiger partial charge on any atom is 0.240 e. The Labute approximate surface area is 179 Å². The first kappa shape index (κ1) is 23.0. The number of halogens is 2. The summed E-state index contributed by atoms with van der Waals surface area (Å²) in [6, 6.07) is 7.03. The minimum atomic E-state index is -4.06. The minimum absolute atomic E-state index is 0.112. The van der Waals surface area contributed by atoms with E-state index in [1.807, 2.05) is 0 Å². The summed E-state index contributed by atoms with van der Waals surface area (Å²) in [5, 5.41) is 13.8. The quantitative estimate of drug-likeness (QED) is 0.362. The van der Waals surface area contributed by atoms with Gasteiger partial charge in [0.05, 0.1) is 10.5 Å². The normalized spacial score (nSPS) is 15.5. The summed E-state index contributed by atoms with van der Waals surface area (Å²) < 4.78 is 56.0. The zero-order valence-corrected chi connectivity index (χ0v) is 17.5. The SMILES string of the molecule is [N-]=[N+]=NCC1CCN(CCNS(=O)(=O)c2cc(O)c(-c3ccccc3F)c(F)c2)CC1. The molecule has 11 heteroatoms. The molecule has 0 bridgehead atoms. The van der Waals surface area contributed by atoms with Crippen molar-refractivity contribution in [3.05, 3.63) is 58.5 Å². The Bertz CT molecular complexity index is 1060. The largest absolute Gasteiger partial charge is 0.507 e. The van der Waals surface area contributed by atoms with Gasteiger partial charge in [-0.15, -0.1) is 0 Å². The second-order valence-electron chi connectivity index (χ2n) is 7.38. The third kappa shape index (κ3) is 5.71. The number of hydrogen-bond acceptors (Lipinski definition) is 5. The lowest BCUT2D eigenvalue weighted by atomic mass is 9.97. The number of likely N-dealkylation sites (tertiary alicyclic amines) is 1. The summed E-state index contributed by atoms with van der Waals surface area (Å²) in [4.78, 5) is 4.42. The van der Waals surface area contributed by atoms with Crippen molar-refractivity contribution >= 4 is 10.0 Å². The summed E-state index contributed by atoms with van der Waals surface area (Å²) in [7, 11) is -4.06. The molecule has 1 saturated heterocycles. The van der Waals surface area contributed by atoms with Gasteiger partial charge >= 0.3 is 0 Å². The molecule has 2 aromatic carbocycles. The number of azide groups is 1. The number of rotatable bonds is 8. The van der Waals surface area contributed by atoms with Crippen LogP contribution in [-0.4, -0.2) is 51.1 Å². The fourth-order valence-corrected chi connectivity index (χ4v) is 4.67. The Kier molecular flexibility index (Phi) is 7.45. The second kappa shape index (κ2) is 10.1. The molecule has 31 heavy (non-hydrogen) atoms. The summed E-state index contributed by atoms with van der Waals surface area (Å²) in [5.41, 5.74) is 7.84. The molecule has 0 spiro atoms. The standard InChI is InChI=1S/C20H23F2N5O3S/c21-17-4-2-1-3-16(17)20-18(22)11-15(12-19(20)28)31(29,30)25-7-10-27-8-5-14(6-9-27)13-24-26-23/h1-4,11-12,14,25,28H,5-10,13H2. The van der Waals surface area contributed by atoms with Crippen molar-refractivity contribution in [3.63, 3.8) is 0 Å². The lowest BCUT2D eigenvalue weighted by Gasteiger charge is -2.31. The molecule has 1 fully saturated rings. The van der Waals surface area contributed by atoms with Gasteiger partial charge in [-0.05, 0) is 49.5 Å². The molecule has 0 amide bonds. The Morgan fingerprint density at radius 3 is 2.55 bits per heavy atom. The summed E-state index contributed by atoms with van der Waals surface area (Å²) in [5.74, 6) is -2.09. The molecule has 0 unspecified atom stereocenters. The fraction of sp³-hybridized carbons (Fsp3) is 0.400. The van der Waals surface area contributed by atoms with Crippen molar-refractivity contribution in [1.29, 1.82) is 0 Å². The maximum absolute atomic E-state index is 14.6. The highest BCUT2D eigenvalue weighted by Gasteiger charge is 2.23. The lowest BCUT2D eigenvalue weighted by Crippen LogP contribution is -2.40. The molecule has 1 heterocycles. The van der Waals surface area contributed by atoms with E-state index in [1.54, 1.807) is 0 Å². The number of piperidine rings is 1. The van der Waals surface area contributed by atoms with Gasteiger partial charge in [-0.25, -0.2) is 21.9 Å². The van der Waals surface area contributed by atoms with Crippen molar-refractivity contribution in [2.45, 2.75) is 17.7 Å². The van der Waals surface area contributed by atoms with Crippen molar-refractivity contribution < 1.29 is 22.3 Å². The molecule has 0 aromatic heterocycles. The molecular formula is C20H23F2N5O3S. The number of nitrogens with zero attached hydrogens (tertiary/aromatic N) is 4. The first-order valence-electron chi connectivity index (χ1n) is 9.82. The van der Waals surface area contributed by atoms with E-state index in [2.05, 4.69) is 19.6 Å². The van der Waals surface area contributed by atoms with E-state index in [-0.39, 0.29) is 17.7 Å². The molecule has 166 valence electrons. The monoisotopic (exact) mass is 451 g/mol. The Balaban J connectivity index is 1.62. The number of sulfonamides is 1. The van der Waals surface area contributed by atoms with Crippen molar-refractivity contribution in [2.75, 3.05) is 32.7 Å². The van der Waals surface area contributed by atoms with Crippen molar-refractivity contribution in [1.82, 2.24) is 9.62 Å². The van der Waals surface area contributed by atoms with Crippen LogP contribution in [-0.2, 0) is 10.0 Å². The zero-order chi connectivity index (χ0) is 22.4. The number of nitrogens with one attached hydrogen (secondary N) is 1. The first-order valence-corrected chi connectivity index (χ1v) is 11.3. The Morgan fingerprint density at radius 1 is 1.19 bits per heavy atom. The van der Waals surface area contributed by atoms with E-state index in [0.717, 1.165) is 44.1 Å². The maximum atomic E-state index is 14.6. The van der Waals surface area contributed by atoms with E-state index in [4.69, 9.17) is 5.53 Å². The van der Waals surface area contributed by atoms with E-state index in [0.29, 0.717) is 19.0 Å². The number of benzene rings is 2. The van der Waals surface area contributed by atoms with Crippen LogP contribution in [0.4, 0.5) is 8.78 Å². The van der Waals surface area contributed by atoms with Crippen LogP contribution in [0.2, 0.25) is 0 Å². The molecule has 0 saturated carbocycles. The van der Waals surface area contributed by atoms with Gasteiger partial charge in [0.25, 0.3) is 0 Å². The highest BCUT2D eigenvalue weighted by atomic mass is 32.2. The van der Waals surface area contributed by atoms with Gasteiger partial charge in [0.2, 0.25) is 10.0 Å². The van der Waals surface area contributed by atoms with E-state index in [1.165, 1.54) is 18.2 Å². The van der Waals surface area contributed by atoms with Gasteiger partial charge in [-0.2, -0.15) is 0 Å². The van der Waals surface area contributed by atoms with Gasteiger partial charge < -0.3 is 10.0 Å². The minimum Gasteiger partial charge on any atom is -0.507 e. The predicted molar refractivity (Wildman–Crippen MR) is 112 cm³/mol. The Morgan fingerprint density at radius 2 is 1.90 bits per heavy atom. The average Bonchev–Trinajstić information content (AvgIpc) is 2.74. The number of aromatic hydroxyl groups is 1. The third-order valence-electron chi connectivity index (χ3n) is 5.33. The highest BCUT2D eigenvalue weighted by molar-refractivity contribution is 7.89. The molecule has 8 nitrogen and oxygen atoms in total. The molecule has 0 aliphatic carbocycles. The van der Waals surface area contributed by atoms with Crippen LogP contribution >= 0.6 is 0 Å². The van der Waals surface area contributed by atoms with Crippen LogP contribution in [0.5, 0.6) is 5.75 Å². The molecule has 2 aromatic rings. The molecule has 1 aliphatic rings. The molecule has 3 rings (SSSR count). The van der Waals surface area contributed by atoms with Crippen LogP contribution in [0, 0.1) is 17.6 Å². The number of phenolic OH excluding ortho intramolecular Hbond substituents is 1. The van der Waals surface area contributed by atoms with E-state index >= 15 is 0 Å². The number of phenols is 1. The smallest absolute Gasteiger partial charge is 0.240 e. The van der Waals surface area contributed by atoms with Crippen LogP contribution in [0.3, 0.4) is 0 Å². The first-order chi connectivity index (χ1) is 14.8. The second-order valence-corrected chi connectivity index (χ2v) is 9.14.